The van der Waals surface area contributed by atoms with Crippen molar-refractivity contribution >= 4 is 45.4 Å². The molecule has 2 aromatic heterocycles. The van der Waals surface area contributed by atoms with Gasteiger partial charge in [-0.25, -0.2) is 4.98 Å². The van der Waals surface area contributed by atoms with Crippen LogP contribution < -0.4 is 5.32 Å². The van der Waals surface area contributed by atoms with E-state index < -0.39 is 0 Å². The third kappa shape index (κ3) is 3.72. The molecule has 2 heterocycles. The number of benzene rings is 2. The van der Waals surface area contributed by atoms with Crippen LogP contribution in [0.4, 0.5) is 5.69 Å². The molecule has 2 aromatic carbocycles. The lowest BCUT2D eigenvalue weighted by Gasteiger charge is -2.10. The highest BCUT2D eigenvalue weighted by atomic mass is 35.5. The van der Waals surface area contributed by atoms with Gasteiger partial charge in [0.25, 0.3) is 5.91 Å². The molecule has 27 heavy (non-hydrogen) atoms. The lowest BCUT2D eigenvalue weighted by Crippen LogP contribution is -2.13. The number of carbonyl (C=O) groups is 1. The van der Waals surface area contributed by atoms with Gasteiger partial charge in [-0.15, -0.1) is 11.3 Å². The van der Waals surface area contributed by atoms with E-state index >= 15 is 0 Å². The number of amides is 1. The van der Waals surface area contributed by atoms with Gasteiger partial charge in [0.1, 0.15) is 0 Å². The molecule has 0 aliphatic heterocycles. The molecule has 0 aliphatic rings. The number of carbonyl (C=O) groups excluding carboxylic acids is 1. The van der Waals surface area contributed by atoms with Crippen LogP contribution >= 0.6 is 22.9 Å². The molecule has 0 aliphatic carbocycles. The molecule has 0 bridgehead atoms. The number of aromatic nitrogens is 1. The second kappa shape index (κ2) is 7.51. The smallest absolute Gasteiger partial charge is 0.256 e. The Kier molecular flexibility index (Phi) is 4.92. The van der Waals surface area contributed by atoms with E-state index in [0.29, 0.717) is 9.90 Å². The zero-order valence-electron chi connectivity index (χ0n) is 14.7. The summed E-state index contributed by atoms with van der Waals surface area (Å²) in [6.07, 6.45) is 0.968. The third-order valence-corrected chi connectivity index (χ3v) is 5.66. The molecule has 0 saturated heterocycles. The average Bonchev–Trinajstić information content (AvgIpc) is 3.14. The maximum Gasteiger partial charge on any atom is 0.256 e. The molecule has 4 rings (SSSR count). The van der Waals surface area contributed by atoms with E-state index in [4.69, 9.17) is 16.6 Å². The first kappa shape index (κ1) is 17.7. The highest BCUT2D eigenvalue weighted by Crippen LogP contribution is 2.32. The Morgan fingerprint density at radius 3 is 2.56 bits per heavy atom. The molecule has 0 saturated carbocycles. The van der Waals surface area contributed by atoms with Crippen LogP contribution in [0.1, 0.15) is 22.8 Å². The number of nitrogens with one attached hydrogen (secondary N) is 1. The number of halogens is 1. The van der Waals surface area contributed by atoms with Crippen molar-refractivity contribution in [2.75, 3.05) is 5.32 Å². The molecule has 134 valence electrons. The first-order valence-electron chi connectivity index (χ1n) is 8.70. The van der Waals surface area contributed by atoms with E-state index in [-0.39, 0.29) is 5.91 Å². The Labute approximate surface area is 166 Å². The maximum atomic E-state index is 13.0. The minimum atomic E-state index is -0.151. The fourth-order valence-electron chi connectivity index (χ4n) is 2.96. The summed E-state index contributed by atoms with van der Waals surface area (Å²) in [4.78, 5) is 18.7. The second-order valence-corrected chi connectivity index (χ2v) is 7.90. The average molecular weight is 393 g/mol. The standard InChI is InChI=1S/C22H17ClN2OS/c1-2-14-7-9-15(10-8-14)24-22(26)17-13-19(20-11-12-21(23)27-20)25-18-6-4-3-5-16(17)18/h3-13H,2H2,1H3,(H,24,26). The molecule has 3 nitrogen and oxygen atoms in total. The quantitative estimate of drug-likeness (QED) is 0.434. The van der Waals surface area contributed by atoms with Crippen LogP contribution in [0.25, 0.3) is 21.5 Å². The zero-order valence-corrected chi connectivity index (χ0v) is 16.3. The van der Waals surface area contributed by atoms with E-state index in [9.17, 15) is 4.79 Å². The van der Waals surface area contributed by atoms with Crippen LogP contribution in [0, 0.1) is 0 Å². The van der Waals surface area contributed by atoms with Crippen molar-refractivity contribution in [3.63, 3.8) is 0 Å². The number of aryl methyl sites for hydroxylation is 1. The van der Waals surface area contributed by atoms with Crippen molar-refractivity contribution in [1.29, 1.82) is 0 Å². The van der Waals surface area contributed by atoms with Gasteiger partial charge in [-0.3, -0.25) is 4.79 Å². The fraction of sp³-hybridized carbons (Fsp3) is 0.0909. The summed E-state index contributed by atoms with van der Waals surface area (Å²) in [5, 5.41) is 3.82. The number of anilines is 1. The number of hydrogen-bond donors (Lipinski definition) is 1. The lowest BCUT2D eigenvalue weighted by molar-refractivity contribution is 0.102. The van der Waals surface area contributed by atoms with Crippen molar-refractivity contribution in [3.8, 4) is 10.6 Å². The topological polar surface area (TPSA) is 42.0 Å². The van der Waals surface area contributed by atoms with Crippen molar-refractivity contribution < 1.29 is 4.79 Å². The van der Waals surface area contributed by atoms with Crippen molar-refractivity contribution in [2.24, 2.45) is 0 Å². The van der Waals surface area contributed by atoms with E-state index in [2.05, 4.69) is 12.2 Å². The van der Waals surface area contributed by atoms with Crippen LogP contribution in [0.2, 0.25) is 4.34 Å². The van der Waals surface area contributed by atoms with Gasteiger partial charge in [-0.05, 0) is 48.4 Å². The number of fused-ring (bicyclic) bond motifs is 1. The van der Waals surface area contributed by atoms with Gasteiger partial charge in [0.15, 0.2) is 0 Å². The van der Waals surface area contributed by atoms with Gasteiger partial charge >= 0.3 is 0 Å². The molecule has 1 amide bonds. The van der Waals surface area contributed by atoms with E-state index in [1.165, 1.54) is 16.9 Å². The predicted molar refractivity (Wildman–Crippen MR) is 114 cm³/mol. The lowest BCUT2D eigenvalue weighted by atomic mass is 10.1. The second-order valence-electron chi connectivity index (χ2n) is 6.18. The van der Waals surface area contributed by atoms with E-state index in [0.717, 1.165) is 33.6 Å². The monoisotopic (exact) mass is 392 g/mol. The van der Waals surface area contributed by atoms with Crippen LogP contribution in [0.5, 0.6) is 0 Å². The summed E-state index contributed by atoms with van der Waals surface area (Å²) < 4.78 is 0.696. The van der Waals surface area contributed by atoms with Crippen molar-refractivity contribution in [1.82, 2.24) is 4.98 Å². The number of rotatable bonds is 4. The summed E-state index contributed by atoms with van der Waals surface area (Å²) in [5.41, 5.74) is 4.14. The highest BCUT2D eigenvalue weighted by Gasteiger charge is 2.15. The molecule has 5 heteroatoms. The van der Waals surface area contributed by atoms with Crippen LogP contribution in [0.3, 0.4) is 0 Å². The van der Waals surface area contributed by atoms with Crippen molar-refractivity contribution in [2.45, 2.75) is 13.3 Å². The normalized spacial score (nSPS) is 10.9. The Morgan fingerprint density at radius 2 is 1.85 bits per heavy atom. The van der Waals surface area contributed by atoms with Gasteiger partial charge in [0.05, 0.1) is 26.0 Å². The van der Waals surface area contributed by atoms with E-state index in [1.54, 1.807) is 0 Å². The molecule has 4 aromatic rings. The molecular formula is C22H17ClN2OS. The number of thiophene rings is 1. The Bertz CT molecular complexity index is 1120. The van der Waals surface area contributed by atoms with Crippen LogP contribution in [-0.4, -0.2) is 10.9 Å². The zero-order chi connectivity index (χ0) is 18.8. The number of nitrogens with zero attached hydrogens (tertiary/aromatic N) is 1. The highest BCUT2D eigenvalue weighted by molar-refractivity contribution is 7.19. The molecule has 0 spiro atoms. The van der Waals surface area contributed by atoms with Gasteiger partial charge in [-0.2, -0.15) is 0 Å². The summed E-state index contributed by atoms with van der Waals surface area (Å²) in [6.45, 7) is 2.11. The first-order valence-corrected chi connectivity index (χ1v) is 9.89. The summed E-state index contributed by atoms with van der Waals surface area (Å²) in [6, 6.07) is 21.2. The van der Waals surface area contributed by atoms with Gasteiger partial charge in [0, 0.05) is 11.1 Å². The van der Waals surface area contributed by atoms with Gasteiger partial charge in [-0.1, -0.05) is 48.9 Å². The Balaban J connectivity index is 1.75. The number of hydrogen-bond acceptors (Lipinski definition) is 3. The summed E-state index contributed by atoms with van der Waals surface area (Å²) in [5.74, 6) is -0.151. The molecule has 0 radical (unpaired) electrons. The Morgan fingerprint density at radius 1 is 1.07 bits per heavy atom. The molecule has 0 atom stereocenters. The molecule has 1 N–H and O–H groups in total. The maximum absolute atomic E-state index is 13.0. The first-order chi connectivity index (χ1) is 13.1. The summed E-state index contributed by atoms with van der Waals surface area (Å²) >= 11 is 7.52. The largest absolute Gasteiger partial charge is 0.322 e. The number of pyridine rings is 1. The number of para-hydroxylation sites is 1. The third-order valence-electron chi connectivity index (χ3n) is 4.41. The predicted octanol–water partition coefficient (Wildman–Crippen LogP) is 6.43. The minimum absolute atomic E-state index is 0.151. The minimum Gasteiger partial charge on any atom is -0.322 e. The fourth-order valence-corrected chi connectivity index (χ4v) is 3.97. The van der Waals surface area contributed by atoms with Crippen molar-refractivity contribution in [3.05, 3.63) is 82.2 Å². The van der Waals surface area contributed by atoms with Crippen LogP contribution in [0.15, 0.2) is 66.7 Å². The van der Waals surface area contributed by atoms with Gasteiger partial charge < -0.3 is 5.32 Å². The van der Waals surface area contributed by atoms with E-state index in [1.807, 2.05) is 66.7 Å². The summed E-state index contributed by atoms with van der Waals surface area (Å²) in [7, 11) is 0. The van der Waals surface area contributed by atoms with Crippen LogP contribution in [-0.2, 0) is 6.42 Å². The molecule has 0 fully saturated rings. The SMILES string of the molecule is CCc1ccc(NC(=O)c2cc(-c3ccc(Cl)s3)nc3ccccc23)cc1. The molecule has 0 unspecified atom stereocenters. The van der Waals surface area contributed by atoms with Gasteiger partial charge in [0.2, 0.25) is 0 Å². The Hall–Kier alpha value is -2.69. The molecular weight excluding hydrogens is 376 g/mol.